The summed E-state index contributed by atoms with van der Waals surface area (Å²) in [6, 6.07) is 5.68. The Morgan fingerprint density at radius 3 is 2.62 bits per heavy atom. The minimum atomic E-state index is -1.70. The maximum absolute atomic E-state index is 15.4. The molecule has 1 unspecified atom stereocenters. The zero-order valence-electron chi connectivity index (χ0n) is 14.5. The Bertz CT molecular complexity index is 902. The summed E-state index contributed by atoms with van der Waals surface area (Å²) in [5.41, 5.74) is 0.669. The zero-order chi connectivity index (χ0) is 18.3. The highest BCUT2D eigenvalue weighted by Gasteiger charge is 2.45. The van der Waals surface area contributed by atoms with Crippen molar-refractivity contribution in [2.24, 2.45) is 0 Å². The molecule has 8 heteroatoms. The van der Waals surface area contributed by atoms with Gasteiger partial charge in [0.25, 0.3) is 5.89 Å². The summed E-state index contributed by atoms with van der Waals surface area (Å²) in [4.78, 5) is 6.18. The molecule has 0 amide bonds. The Morgan fingerprint density at radius 2 is 1.92 bits per heavy atom. The molecule has 0 N–H and O–H groups in total. The quantitative estimate of drug-likeness (QED) is 0.709. The van der Waals surface area contributed by atoms with Gasteiger partial charge < -0.3 is 9.05 Å². The van der Waals surface area contributed by atoms with Gasteiger partial charge in [0.15, 0.2) is 0 Å². The first-order chi connectivity index (χ1) is 12.4. The highest BCUT2D eigenvalue weighted by atomic mass is 19.1. The third-order valence-electron chi connectivity index (χ3n) is 4.77. The number of hydrogen-bond donors (Lipinski definition) is 0. The Balaban J connectivity index is 1.50. The summed E-state index contributed by atoms with van der Waals surface area (Å²) < 4.78 is 38.8. The molecule has 26 heavy (non-hydrogen) atoms. The zero-order valence-corrected chi connectivity index (χ0v) is 14.5. The van der Waals surface area contributed by atoms with Crippen molar-refractivity contribution < 1.29 is 17.8 Å². The van der Waals surface area contributed by atoms with E-state index in [1.54, 1.807) is 0 Å². The maximum atomic E-state index is 15.4. The molecule has 0 saturated carbocycles. The Hall–Kier alpha value is -2.61. The van der Waals surface area contributed by atoms with Crippen LogP contribution in [0.2, 0.25) is 0 Å². The second-order valence-electron chi connectivity index (χ2n) is 6.66. The third kappa shape index (κ3) is 3.01. The van der Waals surface area contributed by atoms with E-state index in [0.717, 1.165) is 17.0 Å². The molecule has 3 heterocycles. The predicted octanol–water partition coefficient (Wildman–Crippen LogP) is 3.55. The van der Waals surface area contributed by atoms with E-state index in [9.17, 15) is 4.39 Å². The van der Waals surface area contributed by atoms with Crippen LogP contribution in [0, 0.1) is 19.7 Å². The second-order valence-corrected chi connectivity index (χ2v) is 6.66. The van der Waals surface area contributed by atoms with Gasteiger partial charge in [-0.25, -0.2) is 8.78 Å². The summed E-state index contributed by atoms with van der Waals surface area (Å²) >= 11 is 0. The summed E-state index contributed by atoms with van der Waals surface area (Å²) in [5, 5.41) is 7.78. The first-order valence-corrected chi connectivity index (χ1v) is 8.38. The number of benzene rings is 1. The first kappa shape index (κ1) is 16.8. The highest BCUT2D eigenvalue weighted by Crippen LogP contribution is 2.37. The Morgan fingerprint density at radius 1 is 1.15 bits per heavy atom. The lowest BCUT2D eigenvalue weighted by Crippen LogP contribution is -2.27. The molecule has 3 aromatic rings. The lowest BCUT2D eigenvalue weighted by Gasteiger charge is -2.17. The monoisotopic (exact) mass is 360 g/mol. The summed E-state index contributed by atoms with van der Waals surface area (Å²) in [5.74, 6) is 0.597. The molecule has 0 aliphatic carbocycles. The van der Waals surface area contributed by atoms with Crippen molar-refractivity contribution in [3.8, 4) is 11.4 Å². The number of aryl methyl sites for hydroxylation is 2. The standard InChI is InChI=1S/C18H18F2N4O2/c1-11-15(12(2)25-22-11)9-24-8-7-18(20,10-24)17-21-16(23-26-17)13-3-5-14(19)6-4-13/h3-6H,7-10H2,1-2H3. The van der Waals surface area contributed by atoms with E-state index in [0.29, 0.717) is 18.7 Å². The van der Waals surface area contributed by atoms with E-state index in [2.05, 4.69) is 15.3 Å². The largest absolute Gasteiger partial charge is 0.361 e. The van der Waals surface area contributed by atoms with Gasteiger partial charge >= 0.3 is 0 Å². The SMILES string of the molecule is Cc1noc(C)c1CN1CCC(F)(c2nc(-c3ccc(F)cc3)no2)C1. The number of nitrogens with zero attached hydrogens (tertiary/aromatic N) is 4. The molecule has 1 saturated heterocycles. The average Bonchev–Trinajstić information content (AvgIpc) is 3.32. The van der Waals surface area contributed by atoms with Crippen molar-refractivity contribution in [3.05, 3.63) is 53.0 Å². The van der Waals surface area contributed by atoms with Gasteiger partial charge in [0.05, 0.1) is 5.69 Å². The van der Waals surface area contributed by atoms with Crippen LogP contribution >= 0.6 is 0 Å². The van der Waals surface area contributed by atoms with Crippen molar-refractivity contribution in [1.29, 1.82) is 0 Å². The van der Waals surface area contributed by atoms with Crippen molar-refractivity contribution in [2.45, 2.75) is 32.5 Å². The minimum absolute atomic E-state index is 0.0434. The molecule has 136 valence electrons. The fourth-order valence-electron chi connectivity index (χ4n) is 3.23. The van der Waals surface area contributed by atoms with Crippen LogP contribution in [0.15, 0.2) is 33.3 Å². The minimum Gasteiger partial charge on any atom is -0.361 e. The van der Waals surface area contributed by atoms with Crippen molar-refractivity contribution in [2.75, 3.05) is 13.1 Å². The van der Waals surface area contributed by atoms with Crippen LogP contribution in [0.3, 0.4) is 0 Å². The molecule has 1 aliphatic heterocycles. The van der Waals surface area contributed by atoms with Gasteiger partial charge in [-0.2, -0.15) is 4.98 Å². The maximum Gasteiger partial charge on any atom is 0.266 e. The van der Waals surface area contributed by atoms with Crippen LogP contribution < -0.4 is 0 Å². The summed E-state index contributed by atoms with van der Waals surface area (Å²) in [7, 11) is 0. The van der Waals surface area contributed by atoms with Gasteiger partial charge in [0.1, 0.15) is 11.6 Å². The molecule has 4 rings (SSSR count). The third-order valence-corrected chi connectivity index (χ3v) is 4.77. The van der Waals surface area contributed by atoms with Crippen molar-refractivity contribution in [3.63, 3.8) is 0 Å². The van der Waals surface area contributed by atoms with Crippen LogP contribution in [0.1, 0.15) is 29.3 Å². The van der Waals surface area contributed by atoms with Crippen LogP contribution in [-0.4, -0.2) is 33.3 Å². The number of hydrogen-bond acceptors (Lipinski definition) is 6. The summed E-state index contributed by atoms with van der Waals surface area (Å²) in [6.07, 6.45) is 0.265. The number of alkyl halides is 1. The highest BCUT2D eigenvalue weighted by molar-refractivity contribution is 5.53. The Labute approximate surface area is 148 Å². The predicted molar refractivity (Wildman–Crippen MR) is 88.3 cm³/mol. The molecule has 1 fully saturated rings. The van der Waals surface area contributed by atoms with Gasteiger partial charge in [0.2, 0.25) is 11.5 Å². The number of rotatable bonds is 4. The topological polar surface area (TPSA) is 68.2 Å². The van der Waals surface area contributed by atoms with E-state index >= 15 is 4.39 Å². The van der Waals surface area contributed by atoms with Gasteiger partial charge in [-0.05, 0) is 38.1 Å². The molecule has 1 aliphatic rings. The van der Waals surface area contributed by atoms with E-state index in [1.165, 1.54) is 24.3 Å². The van der Waals surface area contributed by atoms with E-state index in [-0.39, 0.29) is 30.5 Å². The molecule has 1 atom stereocenters. The van der Waals surface area contributed by atoms with E-state index in [4.69, 9.17) is 9.05 Å². The molecule has 0 radical (unpaired) electrons. The average molecular weight is 360 g/mol. The van der Waals surface area contributed by atoms with Gasteiger partial charge in [-0.3, -0.25) is 4.90 Å². The molecule has 2 aromatic heterocycles. The van der Waals surface area contributed by atoms with E-state index < -0.39 is 5.67 Å². The molecular weight excluding hydrogens is 342 g/mol. The van der Waals surface area contributed by atoms with Crippen LogP contribution in [0.4, 0.5) is 8.78 Å². The molecule has 1 aromatic carbocycles. The van der Waals surface area contributed by atoms with Crippen LogP contribution in [-0.2, 0) is 12.2 Å². The lowest BCUT2D eigenvalue weighted by molar-refractivity contribution is 0.115. The second kappa shape index (κ2) is 6.28. The van der Waals surface area contributed by atoms with Crippen molar-refractivity contribution in [1.82, 2.24) is 20.2 Å². The Kier molecular flexibility index (Phi) is 4.07. The van der Waals surface area contributed by atoms with Crippen molar-refractivity contribution >= 4 is 0 Å². The fourth-order valence-corrected chi connectivity index (χ4v) is 3.23. The smallest absolute Gasteiger partial charge is 0.266 e. The van der Waals surface area contributed by atoms with Crippen LogP contribution in [0.5, 0.6) is 0 Å². The van der Waals surface area contributed by atoms with Crippen LogP contribution in [0.25, 0.3) is 11.4 Å². The number of aromatic nitrogens is 3. The normalized spacial score (nSPS) is 20.8. The molecule has 0 bridgehead atoms. The van der Waals surface area contributed by atoms with Gasteiger partial charge in [-0.1, -0.05) is 10.3 Å². The number of likely N-dealkylation sites (tertiary alicyclic amines) is 1. The first-order valence-electron chi connectivity index (χ1n) is 8.38. The summed E-state index contributed by atoms with van der Waals surface area (Å²) in [6.45, 7) is 5.00. The molecule has 6 nitrogen and oxygen atoms in total. The molecule has 0 spiro atoms. The van der Waals surface area contributed by atoms with Gasteiger partial charge in [-0.15, -0.1) is 0 Å². The lowest BCUT2D eigenvalue weighted by atomic mass is 10.1. The molecular formula is C18H18F2N4O2. The van der Waals surface area contributed by atoms with E-state index in [1.807, 2.05) is 18.7 Å². The number of halogens is 2. The van der Waals surface area contributed by atoms with Gasteiger partial charge in [0, 0.05) is 37.2 Å². The fraction of sp³-hybridized carbons (Fsp3) is 0.389.